The van der Waals surface area contributed by atoms with E-state index in [2.05, 4.69) is 34.5 Å². The maximum Gasteiger partial charge on any atom is 0.191 e. The fourth-order valence-corrected chi connectivity index (χ4v) is 1.20. The summed E-state index contributed by atoms with van der Waals surface area (Å²) in [7, 11) is 1.77. The van der Waals surface area contributed by atoms with Gasteiger partial charge in [-0.05, 0) is 18.1 Å². The van der Waals surface area contributed by atoms with Crippen LogP contribution in [0.2, 0.25) is 0 Å². The summed E-state index contributed by atoms with van der Waals surface area (Å²) in [6, 6.07) is 5.88. The molecule has 2 N–H and O–H groups in total. The van der Waals surface area contributed by atoms with Crippen molar-refractivity contribution in [3.8, 4) is 0 Å². The Kier molecular flexibility index (Phi) is 5.32. The lowest BCUT2D eigenvalue weighted by Gasteiger charge is -2.12. The molecule has 88 valence electrons. The van der Waals surface area contributed by atoms with Crippen molar-refractivity contribution < 1.29 is 0 Å². The fourth-order valence-electron chi connectivity index (χ4n) is 1.20. The monoisotopic (exact) mass is 220 g/mol. The molecule has 0 radical (unpaired) electrons. The first-order chi connectivity index (χ1) is 7.72. The highest BCUT2D eigenvalue weighted by Gasteiger charge is 1.99. The van der Waals surface area contributed by atoms with Crippen LogP contribution in [0.1, 0.15) is 19.5 Å². The zero-order chi connectivity index (χ0) is 11.8. The lowest BCUT2D eigenvalue weighted by molar-refractivity contribution is 0.614. The quantitative estimate of drug-likeness (QED) is 0.595. The van der Waals surface area contributed by atoms with E-state index in [4.69, 9.17) is 0 Å². The normalized spacial score (nSPS) is 11.6. The van der Waals surface area contributed by atoms with Crippen LogP contribution in [0, 0.1) is 5.92 Å². The number of nitrogens with one attached hydrogen (secondary N) is 2. The SMILES string of the molecule is CN=C(NCc1ccccn1)NCC(C)C. The molecule has 0 aliphatic heterocycles. The van der Waals surface area contributed by atoms with Crippen molar-refractivity contribution in [1.82, 2.24) is 15.6 Å². The Labute approximate surface area is 97.2 Å². The van der Waals surface area contributed by atoms with Crippen LogP contribution in [-0.2, 0) is 6.54 Å². The van der Waals surface area contributed by atoms with E-state index in [-0.39, 0.29) is 0 Å². The fraction of sp³-hybridized carbons (Fsp3) is 0.500. The van der Waals surface area contributed by atoms with E-state index in [9.17, 15) is 0 Å². The number of hydrogen-bond donors (Lipinski definition) is 2. The van der Waals surface area contributed by atoms with Gasteiger partial charge in [0.15, 0.2) is 5.96 Å². The summed E-state index contributed by atoms with van der Waals surface area (Å²) in [4.78, 5) is 8.38. The number of guanidine groups is 1. The molecule has 1 aromatic rings. The first kappa shape index (κ1) is 12.5. The molecule has 0 bridgehead atoms. The van der Waals surface area contributed by atoms with Crippen LogP contribution >= 0.6 is 0 Å². The van der Waals surface area contributed by atoms with Crippen LogP contribution in [0.5, 0.6) is 0 Å². The molecule has 1 rings (SSSR count). The van der Waals surface area contributed by atoms with Crippen molar-refractivity contribution in [2.75, 3.05) is 13.6 Å². The second-order valence-electron chi connectivity index (χ2n) is 4.02. The van der Waals surface area contributed by atoms with Gasteiger partial charge in [0.1, 0.15) is 0 Å². The molecule has 4 heteroatoms. The van der Waals surface area contributed by atoms with E-state index >= 15 is 0 Å². The van der Waals surface area contributed by atoms with Gasteiger partial charge in [-0.3, -0.25) is 9.98 Å². The summed E-state index contributed by atoms with van der Waals surface area (Å²) < 4.78 is 0. The van der Waals surface area contributed by atoms with E-state index in [1.807, 2.05) is 18.2 Å². The second-order valence-corrected chi connectivity index (χ2v) is 4.02. The minimum absolute atomic E-state index is 0.605. The van der Waals surface area contributed by atoms with E-state index in [1.165, 1.54) is 0 Å². The van der Waals surface area contributed by atoms with Gasteiger partial charge >= 0.3 is 0 Å². The summed E-state index contributed by atoms with van der Waals surface area (Å²) in [6.07, 6.45) is 1.79. The predicted octanol–water partition coefficient (Wildman–Crippen LogP) is 1.40. The Hall–Kier alpha value is -1.58. The molecule has 0 fully saturated rings. The Bertz CT molecular complexity index is 319. The molecule has 0 saturated carbocycles. The highest BCUT2D eigenvalue weighted by atomic mass is 15.2. The third kappa shape index (κ3) is 4.77. The molecular formula is C12H20N4. The second kappa shape index (κ2) is 6.82. The predicted molar refractivity (Wildman–Crippen MR) is 67.3 cm³/mol. The van der Waals surface area contributed by atoms with Gasteiger partial charge in [-0.2, -0.15) is 0 Å². The van der Waals surface area contributed by atoms with Gasteiger partial charge < -0.3 is 10.6 Å². The highest BCUT2D eigenvalue weighted by molar-refractivity contribution is 5.79. The smallest absolute Gasteiger partial charge is 0.191 e. The molecular weight excluding hydrogens is 200 g/mol. The zero-order valence-corrected chi connectivity index (χ0v) is 10.2. The Balaban J connectivity index is 2.35. The van der Waals surface area contributed by atoms with Crippen LogP contribution in [0.15, 0.2) is 29.4 Å². The maximum atomic E-state index is 4.23. The molecule has 0 aliphatic rings. The number of nitrogens with zero attached hydrogens (tertiary/aromatic N) is 2. The average Bonchev–Trinajstić information content (AvgIpc) is 2.30. The molecule has 4 nitrogen and oxygen atoms in total. The number of rotatable bonds is 4. The average molecular weight is 220 g/mol. The standard InChI is InChI=1S/C12H20N4/c1-10(2)8-15-12(13-3)16-9-11-6-4-5-7-14-11/h4-7,10H,8-9H2,1-3H3,(H2,13,15,16). The van der Waals surface area contributed by atoms with Crippen LogP contribution in [0.25, 0.3) is 0 Å². The van der Waals surface area contributed by atoms with Crippen LogP contribution in [-0.4, -0.2) is 24.5 Å². The molecule has 0 unspecified atom stereocenters. The van der Waals surface area contributed by atoms with E-state index in [1.54, 1.807) is 13.2 Å². The Morgan fingerprint density at radius 3 is 2.75 bits per heavy atom. The number of aliphatic imine (C=N–C) groups is 1. The van der Waals surface area contributed by atoms with Crippen molar-refractivity contribution in [2.24, 2.45) is 10.9 Å². The number of aromatic nitrogens is 1. The van der Waals surface area contributed by atoms with Crippen LogP contribution in [0.4, 0.5) is 0 Å². The minimum Gasteiger partial charge on any atom is -0.356 e. The molecule has 0 amide bonds. The van der Waals surface area contributed by atoms with Gasteiger partial charge in [0.2, 0.25) is 0 Å². The van der Waals surface area contributed by atoms with E-state index in [0.717, 1.165) is 18.2 Å². The minimum atomic E-state index is 0.605. The molecule has 0 aromatic carbocycles. The molecule has 0 saturated heterocycles. The van der Waals surface area contributed by atoms with Crippen molar-refractivity contribution in [2.45, 2.75) is 20.4 Å². The van der Waals surface area contributed by atoms with E-state index in [0.29, 0.717) is 12.5 Å². The zero-order valence-electron chi connectivity index (χ0n) is 10.2. The van der Waals surface area contributed by atoms with E-state index < -0.39 is 0 Å². The lowest BCUT2D eigenvalue weighted by atomic mass is 10.2. The summed E-state index contributed by atoms with van der Waals surface area (Å²) in [5.41, 5.74) is 1.01. The molecule has 0 spiro atoms. The Morgan fingerprint density at radius 1 is 1.38 bits per heavy atom. The lowest BCUT2D eigenvalue weighted by Crippen LogP contribution is -2.38. The number of hydrogen-bond acceptors (Lipinski definition) is 2. The van der Waals surface area contributed by atoms with Gasteiger partial charge in [-0.1, -0.05) is 19.9 Å². The third-order valence-electron chi connectivity index (χ3n) is 2.06. The van der Waals surface area contributed by atoms with Crippen LogP contribution < -0.4 is 10.6 Å². The Morgan fingerprint density at radius 2 is 2.19 bits per heavy atom. The van der Waals surface area contributed by atoms with Crippen LogP contribution in [0.3, 0.4) is 0 Å². The first-order valence-electron chi connectivity index (χ1n) is 5.56. The summed E-state index contributed by atoms with van der Waals surface area (Å²) in [5, 5.41) is 6.47. The third-order valence-corrected chi connectivity index (χ3v) is 2.06. The van der Waals surface area contributed by atoms with Gasteiger partial charge in [-0.25, -0.2) is 0 Å². The summed E-state index contributed by atoms with van der Waals surface area (Å²) in [5.74, 6) is 1.42. The summed E-state index contributed by atoms with van der Waals surface area (Å²) in [6.45, 7) is 5.94. The van der Waals surface area contributed by atoms with Crippen molar-refractivity contribution >= 4 is 5.96 Å². The molecule has 0 aliphatic carbocycles. The van der Waals surface area contributed by atoms with Gasteiger partial charge in [0.05, 0.1) is 12.2 Å². The van der Waals surface area contributed by atoms with Crippen molar-refractivity contribution in [3.63, 3.8) is 0 Å². The molecule has 1 aromatic heterocycles. The molecule has 0 atom stereocenters. The van der Waals surface area contributed by atoms with Crippen molar-refractivity contribution in [1.29, 1.82) is 0 Å². The highest BCUT2D eigenvalue weighted by Crippen LogP contribution is 1.92. The maximum absolute atomic E-state index is 4.23. The largest absolute Gasteiger partial charge is 0.356 e. The number of pyridine rings is 1. The van der Waals surface area contributed by atoms with Gasteiger partial charge in [-0.15, -0.1) is 0 Å². The molecule has 16 heavy (non-hydrogen) atoms. The topological polar surface area (TPSA) is 49.3 Å². The first-order valence-corrected chi connectivity index (χ1v) is 5.56. The van der Waals surface area contributed by atoms with Crippen molar-refractivity contribution in [3.05, 3.63) is 30.1 Å². The molecule has 1 heterocycles. The van der Waals surface area contributed by atoms with Gasteiger partial charge in [0, 0.05) is 19.8 Å². The van der Waals surface area contributed by atoms with Gasteiger partial charge in [0.25, 0.3) is 0 Å². The summed E-state index contributed by atoms with van der Waals surface area (Å²) >= 11 is 0.